The monoisotopic (exact) mass is 446 g/mol. The molecular formula is C23H30N2O5S. The summed E-state index contributed by atoms with van der Waals surface area (Å²) < 4.78 is 32.1. The number of rotatable bonds is 11. The molecule has 1 N–H and O–H groups in total. The van der Waals surface area contributed by atoms with Crippen molar-refractivity contribution in [3.8, 4) is 5.75 Å². The van der Waals surface area contributed by atoms with Gasteiger partial charge in [-0.1, -0.05) is 45.0 Å². The van der Waals surface area contributed by atoms with Crippen LogP contribution in [0.5, 0.6) is 5.75 Å². The molecule has 2 aromatic rings. The lowest BCUT2D eigenvalue weighted by molar-refractivity contribution is -0.116. The van der Waals surface area contributed by atoms with Gasteiger partial charge in [0.25, 0.3) is 0 Å². The first kappa shape index (κ1) is 24.6. The van der Waals surface area contributed by atoms with Crippen LogP contribution < -0.4 is 10.1 Å². The normalized spacial score (nSPS) is 11.4. The molecule has 2 rings (SSSR count). The number of aryl methyl sites for hydroxylation is 1. The lowest BCUT2D eigenvalue weighted by atomic mass is 10.0. The van der Waals surface area contributed by atoms with Gasteiger partial charge in [0.1, 0.15) is 5.75 Å². The van der Waals surface area contributed by atoms with Gasteiger partial charge in [0, 0.05) is 31.5 Å². The van der Waals surface area contributed by atoms with Gasteiger partial charge in [-0.25, -0.2) is 8.42 Å². The number of sulfonamides is 1. The highest BCUT2D eigenvalue weighted by atomic mass is 32.2. The Morgan fingerprint density at radius 2 is 1.61 bits per heavy atom. The van der Waals surface area contributed by atoms with Crippen LogP contribution in [-0.4, -0.2) is 44.6 Å². The molecule has 31 heavy (non-hydrogen) atoms. The Morgan fingerprint density at radius 1 is 0.968 bits per heavy atom. The first-order chi connectivity index (χ1) is 14.8. The summed E-state index contributed by atoms with van der Waals surface area (Å²) in [6, 6.07) is 11.7. The fourth-order valence-electron chi connectivity index (χ4n) is 3.17. The maximum Gasteiger partial charge on any atom is 0.243 e. The molecule has 0 spiro atoms. The number of anilines is 1. The van der Waals surface area contributed by atoms with Gasteiger partial charge < -0.3 is 10.1 Å². The van der Waals surface area contributed by atoms with Gasteiger partial charge in [0.2, 0.25) is 15.9 Å². The Kier molecular flexibility index (Phi) is 8.76. The average Bonchev–Trinajstić information content (AvgIpc) is 2.78. The topological polar surface area (TPSA) is 92.8 Å². The summed E-state index contributed by atoms with van der Waals surface area (Å²) >= 11 is 0. The van der Waals surface area contributed by atoms with Gasteiger partial charge in [-0.3, -0.25) is 9.59 Å². The predicted octanol–water partition coefficient (Wildman–Crippen LogP) is 3.89. The van der Waals surface area contributed by atoms with Crippen LogP contribution in [0.15, 0.2) is 47.4 Å². The minimum absolute atomic E-state index is 0.0233. The fraction of sp³-hybridized carbons (Fsp3) is 0.391. The van der Waals surface area contributed by atoms with Gasteiger partial charge in [-0.2, -0.15) is 4.31 Å². The van der Waals surface area contributed by atoms with Crippen molar-refractivity contribution in [3.63, 3.8) is 0 Å². The number of carbonyl (C=O) groups excluding carboxylic acids is 2. The molecule has 2 aromatic carbocycles. The van der Waals surface area contributed by atoms with Crippen LogP contribution >= 0.6 is 0 Å². The van der Waals surface area contributed by atoms with E-state index in [1.54, 1.807) is 26.0 Å². The van der Waals surface area contributed by atoms with Crippen molar-refractivity contribution in [2.75, 3.05) is 25.5 Å². The molecule has 0 heterocycles. The van der Waals surface area contributed by atoms with Crippen LogP contribution in [-0.2, 0) is 21.2 Å². The van der Waals surface area contributed by atoms with Crippen LogP contribution in [0.25, 0.3) is 0 Å². The Balaban J connectivity index is 2.11. The number of nitrogens with one attached hydrogen (secondary N) is 1. The number of ether oxygens (including phenoxy) is 1. The van der Waals surface area contributed by atoms with Crippen LogP contribution in [0.3, 0.4) is 0 Å². The van der Waals surface area contributed by atoms with Crippen LogP contribution in [0, 0.1) is 0 Å². The van der Waals surface area contributed by atoms with Crippen LogP contribution in [0.2, 0.25) is 0 Å². The van der Waals surface area contributed by atoms with Crippen molar-refractivity contribution >= 4 is 27.4 Å². The summed E-state index contributed by atoms with van der Waals surface area (Å²) in [6.45, 7) is 6.25. The molecular weight excluding hydrogens is 416 g/mol. The van der Waals surface area contributed by atoms with E-state index in [0.717, 1.165) is 12.0 Å². The molecule has 0 aliphatic heterocycles. The highest BCUT2D eigenvalue weighted by Crippen LogP contribution is 2.29. The largest absolute Gasteiger partial charge is 0.495 e. The van der Waals surface area contributed by atoms with Crippen LogP contribution in [0.1, 0.15) is 49.5 Å². The molecule has 0 saturated heterocycles. The highest BCUT2D eigenvalue weighted by Gasteiger charge is 2.23. The smallest absolute Gasteiger partial charge is 0.243 e. The summed E-state index contributed by atoms with van der Waals surface area (Å²) in [5, 5.41) is 2.67. The standard InChI is InChI=1S/C23H30N2O5S/c1-5-17-8-10-18(11-9-17)21(26)13-15-23(27)24-20-16-19(12-14-22(20)30-4)31(28,29)25(6-2)7-3/h8-12,14,16H,5-7,13,15H2,1-4H3,(H,24,27). The number of carbonyl (C=O) groups is 2. The van der Waals surface area contributed by atoms with Gasteiger partial charge in [-0.15, -0.1) is 0 Å². The quantitative estimate of drug-likeness (QED) is 0.529. The molecule has 0 atom stereocenters. The van der Waals surface area contributed by atoms with E-state index in [4.69, 9.17) is 4.74 Å². The Hall–Kier alpha value is -2.71. The molecule has 168 valence electrons. The lowest BCUT2D eigenvalue weighted by Crippen LogP contribution is -2.30. The Morgan fingerprint density at radius 3 is 2.16 bits per heavy atom. The van der Waals surface area contributed by atoms with Gasteiger partial charge in [-0.05, 0) is 30.2 Å². The minimum Gasteiger partial charge on any atom is -0.495 e. The second-order valence-corrected chi connectivity index (χ2v) is 8.91. The first-order valence-corrected chi connectivity index (χ1v) is 11.8. The molecule has 0 fully saturated rings. The number of amides is 1. The molecule has 0 aliphatic carbocycles. The molecule has 7 nitrogen and oxygen atoms in total. The summed E-state index contributed by atoms with van der Waals surface area (Å²) in [5.74, 6) is -0.176. The minimum atomic E-state index is -3.68. The second-order valence-electron chi connectivity index (χ2n) is 6.97. The highest BCUT2D eigenvalue weighted by molar-refractivity contribution is 7.89. The number of nitrogens with zero attached hydrogens (tertiary/aromatic N) is 1. The van der Waals surface area contributed by atoms with E-state index < -0.39 is 15.9 Å². The summed E-state index contributed by atoms with van der Waals surface area (Å²) in [4.78, 5) is 24.9. The third-order valence-corrected chi connectivity index (χ3v) is 7.10. The third-order valence-electron chi connectivity index (χ3n) is 5.05. The number of hydrogen-bond donors (Lipinski definition) is 1. The number of Topliss-reactive ketones (excluding diaryl/α,β-unsaturated/α-hetero) is 1. The number of ketones is 1. The Labute approximate surface area is 184 Å². The molecule has 0 radical (unpaired) electrons. The maximum absolute atomic E-state index is 12.8. The van der Waals surface area contributed by atoms with Gasteiger partial charge >= 0.3 is 0 Å². The zero-order valence-corrected chi connectivity index (χ0v) is 19.3. The molecule has 1 amide bonds. The van der Waals surface area contributed by atoms with E-state index in [1.807, 2.05) is 19.1 Å². The molecule has 0 aromatic heterocycles. The van der Waals surface area contributed by atoms with E-state index in [2.05, 4.69) is 5.32 Å². The number of benzene rings is 2. The van der Waals surface area contributed by atoms with Gasteiger partial charge in [0.15, 0.2) is 5.78 Å². The zero-order valence-electron chi connectivity index (χ0n) is 18.5. The predicted molar refractivity (Wildman–Crippen MR) is 121 cm³/mol. The van der Waals surface area contributed by atoms with Crippen molar-refractivity contribution < 1.29 is 22.7 Å². The van der Waals surface area contributed by atoms with Gasteiger partial charge in [0.05, 0.1) is 17.7 Å². The molecule has 8 heteroatoms. The van der Waals surface area contributed by atoms with Crippen molar-refractivity contribution in [1.29, 1.82) is 0 Å². The molecule has 0 bridgehead atoms. The second kappa shape index (κ2) is 11.1. The first-order valence-electron chi connectivity index (χ1n) is 10.4. The van der Waals surface area contributed by atoms with Crippen LogP contribution in [0.4, 0.5) is 5.69 Å². The van der Waals surface area contributed by atoms with Crippen molar-refractivity contribution in [1.82, 2.24) is 4.31 Å². The number of methoxy groups -OCH3 is 1. The molecule has 0 aliphatic rings. The zero-order chi connectivity index (χ0) is 23.0. The Bertz CT molecular complexity index is 1010. The number of hydrogen-bond acceptors (Lipinski definition) is 5. The molecule has 0 unspecified atom stereocenters. The van der Waals surface area contributed by atoms with Crippen molar-refractivity contribution in [2.24, 2.45) is 0 Å². The summed E-state index contributed by atoms with van der Waals surface area (Å²) in [7, 11) is -2.24. The molecule has 0 saturated carbocycles. The van der Waals surface area contributed by atoms with E-state index in [9.17, 15) is 18.0 Å². The van der Waals surface area contributed by atoms with E-state index >= 15 is 0 Å². The van der Waals surface area contributed by atoms with Crippen molar-refractivity contribution in [2.45, 2.75) is 44.9 Å². The third kappa shape index (κ3) is 6.15. The lowest BCUT2D eigenvalue weighted by Gasteiger charge is -2.19. The van der Waals surface area contributed by atoms with Crippen molar-refractivity contribution in [3.05, 3.63) is 53.6 Å². The fourth-order valence-corrected chi connectivity index (χ4v) is 4.65. The maximum atomic E-state index is 12.8. The summed E-state index contributed by atoms with van der Waals surface area (Å²) in [5.41, 5.74) is 1.95. The summed E-state index contributed by atoms with van der Waals surface area (Å²) in [6.07, 6.45) is 0.920. The van der Waals surface area contributed by atoms with E-state index in [-0.39, 0.29) is 29.2 Å². The SMILES string of the molecule is CCc1ccc(C(=O)CCC(=O)Nc2cc(S(=O)(=O)N(CC)CC)ccc2OC)cc1. The average molecular weight is 447 g/mol. The van der Waals surface area contributed by atoms with E-state index in [1.165, 1.54) is 29.6 Å². The van der Waals surface area contributed by atoms with E-state index in [0.29, 0.717) is 24.4 Å².